The fourth-order valence-corrected chi connectivity index (χ4v) is 4.17. The molecule has 0 unspecified atom stereocenters. The Morgan fingerprint density at radius 2 is 1.92 bits per heavy atom. The molecule has 1 aromatic carbocycles. The van der Waals surface area contributed by atoms with Crippen molar-refractivity contribution in [2.75, 3.05) is 23.0 Å². The van der Waals surface area contributed by atoms with Gasteiger partial charge in [0.25, 0.3) is 0 Å². The highest BCUT2D eigenvalue weighted by molar-refractivity contribution is 7.92. The number of ether oxygens (including phenoxy) is 1. The molecule has 0 saturated heterocycles. The smallest absolute Gasteiger partial charge is 0.229 e. The van der Waals surface area contributed by atoms with Crippen molar-refractivity contribution in [3.05, 3.63) is 18.2 Å². The second-order valence-electron chi connectivity index (χ2n) is 6.58. The minimum atomic E-state index is -3.47. The van der Waals surface area contributed by atoms with Crippen molar-refractivity contribution >= 4 is 33.3 Å². The molecular formula is C16H24N6O3S. The highest BCUT2D eigenvalue weighted by Gasteiger charge is 2.42. The van der Waals surface area contributed by atoms with Gasteiger partial charge in [0.15, 0.2) is 0 Å². The Morgan fingerprint density at radius 1 is 1.23 bits per heavy atom. The average Bonchev–Trinajstić information content (AvgIpc) is 2.53. The van der Waals surface area contributed by atoms with Gasteiger partial charge in [0, 0.05) is 5.69 Å². The number of sulfonamides is 1. The van der Waals surface area contributed by atoms with Gasteiger partial charge in [-0.05, 0) is 43.9 Å². The van der Waals surface area contributed by atoms with Crippen LogP contribution in [0, 0.1) is 0 Å². The van der Waals surface area contributed by atoms with Crippen molar-refractivity contribution in [1.29, 1.82) is 0 Å². The van der Waals surface area contributed by atoms with Crippen LogP contribution in [0.25, 0.3) is 0 Å². The largest absolute Gasteiger partial charge is 0.495 e. The molecule has 0 atom stereocenters. The molecule has 1 aliphatic carbocycles. The lowest BCUT2D eigenvalue weighted by Crippen LogP contribution is -2.58. The molecule has 10 heteroatoms. The fourth-order valence-electron chi connectivity index (χ4n) is 3.61. The maximum atomic E-state index is 11.7. The molecule has 1 aromatic rings. The number of aliphatic imine (C=N–C) groups is 2. The molecule has 9 nitrogen and oxygen atoms in total. The molecule has 5 N–H and O–H groups in total. The van der Waals surface area contributed by atoms with Gasteiger partial charge in [0.05, 0.1) is 19.1 Å². The van der Waals surface area contributed by atoms with E-state index in [4.69, 9.17) is 16.2 Å². The van der Waals surface area contributed by atoms with Crippen LogP contribution < -0.4 is 25.8 Å². The predicted molar refractivity (Wildman–Crippen MR) is 103 cm³/mol. The van der Waals surface area contributed by atoms with Gasteiger partial charge in [0.1, 0.15) is 11.4 Å². The second kappa shape index (κ2) is 6.67. The number of nitrogens with two attached hydrogens (primary N) is 2. The van der Waals surface area contributed by atoms with Crippen LogP contribution in [-0.2, 0) is 10.0 Å². The number of benzene rings is 1. The molecule has 2 aliphatic rings. The number of nitrogens with zero attached hydrogens (tertiary/aromatic N) is 3. The quantitative estimate of drug-likeness (QED) is 0.717. The van der Waals surface area contributed by atoms with Gasteiger partial charge in [-0.2, -0.15) is 4.99 Å². The number of nitrogens with one attached hydrogen (secondary N) is 1. The fraction of sp³-hybridized carbons (Fsp3) is 0.500. The summed E-state index contributed by atoms with van der Waals surface area (Å²) in [6.07, 6.45) is 5.82. The first kappa shape index (κ1) is 18.3. The van der Waals surface area contributed by atoms with Crippen LogP contribution in [0.3, 0.4) is 0 Å². The van der Waals surface area contributed by atoms with Crippen LogP contribution in [0.4, 0.5) is 11.4 Å². The van der Waals surface area contributed by atoms with Gasteiger partial charge < -0.3 is 16.2 Å². The SMILES string of the molecule is COc1ccc(N2C(N)=NC(N)=NC23CCCCC3)cc1NS(C)(=O)=O. The lowest BCUT2D eigenvalue weighted by atomic mass is 9.87. The lowest BCUT2D eigenvalue weighted by Gasteiger charge is -2.45. The van der Waals surface area contributed by atoms with Crippen LogP contribution in [0.2, 0.25) is 0 Å². The average molecular weight is 380 g/mol. The van der Waals surface area contributed by atoms with E-state index in [0.29, 0.717) is 17.1 Å². The Kier molecular flexibility index (Phi) is 4.70. The summed E-state index contributed by atoms with van der Waals surface area (Å²) in [7, 11) is -1.99. The summed E-state index contributed by atoms with van der Waals surface area (Å²) in [5, 5.41) is 0. The van der Waals surface area contributed by atoms with E-state index in [1.165, 1.54) is 7.11 Å². The first-order chi connectivity index (χ1) is 12.2. The van der Waals surface area contributed by atoms with Crippen molar-refractivity contribution in [3.63, 3.8) is 0 Å². The Hall–Kier alpha value is -2.49. The van der Waals surface area contributed by atoms with Crippen LogP contribution in [0.15, 0.2) is 28.2 Å². The molecule has 1 saturated carbocycles. The highest BCUT2D eigenvalue weighted by Crippen LogP contribution is 2.41. The lowest BCUT2D eigenvalue weighted by molar-refractivity contribution is 0.305. The molecule has 142 valence electrons. The third kappa shape index (κ3) is 3.55. The van der Waals surface area contributed by atoms with Crippen LogP contribution >= 0.6 is 0 Å². The number of methoxy groups -OCH3 is 1. The molecule has 0 aromatic heterocycles. The third-order valence-corrected chi connectivity index (χ3v) is 5.18. The number of hydrogen-bond acceptors (Lipinski definition) is 8. The molecule has 3 rings (SSSR count). The van der Waals surface area contributed by atoms with Gasteiger partial charge in [-0.25, -0.2) is 13.4 Å². The molecule has 0 amide bonds. The zero-order chi connectivity index (χ0) is 18.9. The zero-order valence-electron chi connectivity index (χ0n) is 14.9. The van der Waals surface area contributed by atoms with Gasteiger partial charge >= 0.3 is 0 Å². The first-order valence-corrected chi connectivity index (χ1v) is 10.3. The maximum Gasteiger partial charge on any atom is 0.229 e. The van der Waals surface area contributed by atoms with Crippen molar-refractivity contribution in [3.8, 4) is 5.75 Å². The molecule has 26 heavy (non-hydrogen) atoms. The van der Waals surface area contributed by atoms with E-state index >= 15 is 0 Å². The van der Waals surface area contributed by atoms with Crippen molar-refractivity contribution in [2.24, 2.45) is 21.5 Å². The van der Waals surface area contributed by atoms with Gasteiger partial charge in [0.2, 0.25) is 21.9 Å². The standard InChI is InChI=1S/C16H24N6O3S/c1-25-13-7-6-11(10-12(13)21-26(2,23)24)22-15(18)19-14(17)20-16(22)8-4-3-5-9-16/h6-7,10,21H,3-5,8-9H2,1-2H3,(H4,17,18,19,20). The summed E-state index contributed by atoms with van der Waals surface area (Å²) < 4.78 is 31.1. The minimum absolute atomic E-state index is 0.170. The second-order valence-corrected chi connectivity index (χ2v) is 8.33. The number of guanidine groups is 2. The van der Waals surface area contributed by atoms with Crippen molar-refractivity contribution < 1.29 is 13.2 Å². The van der Waals surface area contributed by atoms with E-state index in [0.717, 1.165) is 38.4 Å². The van der Waals surface area contributed by atoms with Gasteiger partial charge in [-0.3, -0.25) is 9.62 Å². The number of rotatable bonds is 4. The molecule has 0 bridgehead atoms. The van der Waals surface area contributed by atoms with E-state index in [9.17, 15) is 8.42 Å². The highest BCUT2D eigenvalue weighted by atomic mass is 32.2. The molecule has 1 aliphatic heterocycles. The summed E-state index contributed by atoms with van der Waals surface area (Å²) in [4.78, 5) is 10.6. The van der Waals surface area contributed by atoms with Crippen LogP contribution in [0.1, 0.15) is 32.1 Å². The maximum absolute atomic E-state index is 11.7. The van der Waals surface area contributed by atoms with E-state index < -0.39 is 15.7 Å². The summed E-state index contributed by atoms with van der Waals surface area (Å²) in [5.74, 6) is 0.825. The van der Waals surface area contributed by atoms with E-state index in [1.54, 1.807) is 12.1 Å². The minimum Gasteiger partial charge on any atom is -0.495 e. The zero-order valence-corrected chi connectivity index (χ0v) is 15.7. The summed E-state index contributed by atoms with van der Waals surface area (Å²) in [5.41, 5.74) is 12.5. The van der Waals surface area contributed by atoms with E-state index in [1.807, 2.05) is 11.0 Å². The molecule has 0 radical (unpaired) electrons. The Balaban J connectivity index is 2.08. The van der Waals surface area contributed by atoms with Crippen molar-refractivity contribution in [1.82, 2.24) is 0 Å². The Morgan fingerprint density at radius 3 is 2.54 bits per heavy atom. The predicted octanol–water partition coefficient (Wildman–Crippen LogP) is 1.18. The third-order valence-electron chi connectivity index (χ3n) is 4.59. The van der Waals surface area contributed by atoms with Gasteiger partial charge in [-0.15, -0.1) is 0 Å². The summed E-state index contributed by atoms with van der Waals surface area (Å²) in [6, 6.07) is 5.17. The van der Waals surface area contributed by atoms with Gasteiger partial charge in [-0.1, -0.05) is 6.42 Å². The van der Waals surface area contributed by atoms with E-state index in [-0.39, 0.29) is 11.9 Å². The topological polar surface area (TPSA) is 135 Å². The molecule has 1 heterocycles. The normalized spacial score (nSPS) is 19.7. The van der Waals surface area contributed by atoms with E-state index in [2.05, 4.69) is 14.7 Å². The number of anilines is 2. The Bertz CT molecular complexity index is 859. The van der Waals surface area contributed by atoms with Crippen LogP contribution in [-0.4, -0.2) is 39.4 Å². The summed E-state index contributed by atoms with van der Waals surface area (Å²) in [6.45, 7) is 0. The molecule has 1 fully saturated rings. The van der Waals surface area contributed by atoms with Crippen LogP contribution in [0.5, 0.6) is 5.75 Å². The summed E-state index contributed by atoms with van der Waals surface area (Å²) >= 11 is 0. The van der Waals surface area contributed by atoms with Crippen molar-refractivity contribution in [2.45, 2.75) is 37.8 Å². The monoisotopic (exact) mass is 380 g/mol. The Labute approximate surface area is 153 Å². The molecular weight excluding hydrogens is 356 g/mol. The number of hydrogen-bond donors (Lipinski definition) is 3. The first-order valence-electron chi connectivity index (χ1n) is 8.40. The molecule has 1 spiro atoms.